The molecule has 0 atom stereocenters. The molecule has 0 bridgehead atoms. The number of aliphatic hydroxyl groups excluding tert-OH is 1. The van der Waals surface area contributed by atoms with Gasteiger partial charge in [-0.05, 0) is 26.1 Å². The summed E-state index contributed by atoms with van der Waals surface area (Å²) in [4.78, 5) is 14.2. The normalized spacial score (nSPS) is 11.1. The Morgan fingerprint density at radius 2 is 2.15 bits per heavy atom. The first-order valence-corrected chi connectivity index (χ1v) is 7.34. The van der Waals surface area contributed by atoms with E-state index in [4.69, 9.17) is 16.7 Å². The molecule has 0 aliphatic rings. The van der Waals surface area contributed by atoms with Gasteiger partial charge in [0.15, 0.2) is 0 Å². The molecule has 1 heterocycles. The number of rotatable bonds is 9. The molecule has 0 saturated heterocycles. The molecule has 0 fully saturated rings. The summed E-state index contributed by atoms with van der Waals surface area (Å²) in [5, 5.41) is 16.0. The average molecular weight is 303 g/mol. The van der Waals surface area contributed by atoms with E-state index in [0.29, 0.717) is 5.69 Å². The predicted molar refractivity (Wildman–Crippen MR) is 81.5 cm³/mol. The van der Waals surface area contributed by atoms with E-state index in [1.807, 2.05) is 0 Å². The standard InChI is InChI=1S/C13H23ClN4O2/c1-3-17(4-2)7-5-6-15-11-10-16-18(8-9-19)13(20)12(11)14/h10,15,19H,3-9H2,1-2H3. The number of aromatic nitrogens is 2. The third-order valence-electron chi connectivity index (χ3n) is 3.16. The van der Waals surface area contributed by atoms with Crippen LogP contribution in [0, 0.1) is 0 Å². The molecule has 114 valence electrons. The summed E-state index contributed by atoms with van der Waals surface area (Å²) in [5.41, 5.74) is 0.167. The Morgan fingerprint density at radius 3 is 2.75 bits per heavy atom. The third kappa shape index (κ3) is 4.77. The Hall–Kier alpha value is -1.11. The van der Waals surface area contributed by atoms with Crippen LogP contribution in [0.15, 0.2) is 11.0 Å². The van der Waals surface area contributed by atoms with Gasteiger partial charge in [0.2, 0.25) is 0 Å². The van der Waals surface area contributed by atoms with E-state index in [1.165, 1.54) is 6.20 Å². The lowest BCUT2D eigenvalue weighted by Crippen LogP contribution is -2.27. The molecule has 0 aromatic carbocycles. The molecule has 20 heavy (non-hydrogen) atoms. The summed E-state index contributed by atoms with van der Waals surface area (Å²) in [6.45, 7) is 8.11. The summed E-state index contributed by atoms with van der Waals surface area (Å²) >= 11 is 6.00. The number of hydrogen-bond donors (Lipinski definition) is 2. The van der Waals surface area contributed by atoms with Crippen LogP contribution in [0.25, 0.3) is 0 Å². The zero-order valence-electron chi connectivity index (χ0n) is 12.1. The van der Waals surface area contributed by atoms with Crippen molar-refractivity contribution in [2.24, 2.45) is 0 Å². The molecule has 2 N–H and O–H groups in total. The quantitative estimate of drug-likeness (QED) is 0.667. The van der Waals surface area contributed by atoms with E-state index in [9.17, 15) is 4.79 Å². The molecule has 1 aromatic rings. The molecular formula is C13H23ClN4O2. The minimum Gasteiger partial charge on any atom is -0.394 e. The van der Waals surface area contributed by atoms with Crippen molar-refractivity contribution in [2.75, 3.05) is 38.1 Å². The zero-order valence-corrected chi connectivity index (χ0v) is 12.9. The average Bonchev–Trinajstić information content (AvgIpc) is 2.46. The first-order chi connectivity index (χ1) is 9.63. The van der Waals surface area contributed by atoms with Crippen molar-refractivity contribution in [3.63, 3.8) is 0 Å². The Bertz CT molecular complexity index is 460. The van der Waals surface area contributed by atoms with Crippen LogP contribution < -0.4 is 10.9 Å². The van der Waals surface area contributed by atoms with Crippen molar-refractivity contribution in [2.45, 2.75) is 26.8 Å². The highest BCUT2D eigenvalue weighted by Crippen LogP contribution is 2.14. The molecule has 7 heteroatoms. The molecule has 0 aliphatic carbocycles. The third-order valence-corrected chi connectivity index (χ3v) is 3.52. The van der Waals surface area contributed by atoms with Gasteiger partial charge in [0.1, 0.15) is 5.02 Å². The van der Waals surface area contributed by atoms with Crippen LogP contribution in [0.3, 0.4) is 0 Å². The second-order valence-electron chi connectivity index (χ2n) is 4.43. The molecule has 0 spiro atoms. The molecule has 0 radical (unpaired) electrons. The monoisotopic (exact) mass is 302 g/mol. The van der Waals surface area contributed by atoms with Crippen molar-refractivity contribution >= 4 is 17.3 Å². The van der Waals surface area contributed by atoms with E-state index >= 15 is 0 Å². The number of anilines is 1. The fourth-order valence-corrected chi connectivity index (χ4v) is 2.12. The highest BCUT2D eigenvalue weighted by atomic mass is 35.5. The lowest BCUT2D eigenvalue weighted by atomic mass is 10.3. The van der Waals surface area contributed by atoms with Gasteiger partial charge in [-0.2, -0.15) is 5.10 Å². The molecule has 0 unspecified atom stereocenters. The highest BCUT2D eigenvalue weighted by Gasteiger charge is 2.08. The van der Waals surface area contributed by atoms with Crippen LogP contribution in [-0.2, 0) is 6.54 Å². The number of halogens is 1. The Morgan fingerprint density at radius 1 is 1.45 bits per heavy atom. The first-order valence-electron chi connectivity index (χ1n) is 6.96. The van der Waals surface area contributed by atoms with E-state index in [1.54, 1.807) is 0 Å². The summed E-state index contributed by atoms with van der Waals surface area (Å²) in [5.74, 6) is 0. The molecule has 6 nitrogen and oxygen atoms in total. The van der Waals surface area contributed by atoms with Gasteiger partial charge in [0, 0.05) is 6.54 Å². The summed E-state index contributed by atoms with van der Waals surface area (Å²) in [7, 11) is 0. The number of aliphatic hydroxyl groups is 1. The fraction of sp³-hybridized carbons (Fsp3) is 0.692. The van der Waals surface area contributed by atoms with Gasteiger partial charge in [0.05, 0.1) is 25.0 Å². The molecule has 1 aromatic heterocycles. The van der Waals surface area contributed by atoms with Gasteiger partial charge in [-0.15, -0.1) is 0 Å². The summed E-state index contributed by atoms with van der Waals surface area (Å²) in [6, 6.07) is 0. The van der Waals surface area contributed by atoms with Gasteiger partial charge < -0.3 is 15.3 Å². The highest BCUT2D eigenvalue weighted by molar-refractivity contribution is 6.32. The van der Waals surface area contributed by atoms with E-state index in [0.717, 1.165) is 37.3 Å². The van der Waals surface area contributed by atoms with Crippen molar-refractivity contribution < 1.29 is 5.11 Å². The minimum atomic E-state index is -0.380. The van der Waals surface area contributed by atoms with Crippen LogP contribution in [0.4, 0.5) is 5.69 Å². The molecule has 0 amide bonds. The van der Waals surface area contributed by atoms with Crippen LogP contribution >= 0.6 is 11.6 Å². The topological polar surface area (TPSA) is 70.4 Å². The number of nitrogens with one attached hydrogen (secondary N) is 1. The largest absolute Gasteiger partial charge is 0.394 e. The maximum absolute atomic E-state index is 11.8. The predicted octanol–water partition coefficient (Wildman–Crippen LogP) is 1.03. The molecular weight excluding hydrogens is 280 g/mol. The lowest BCUT2D eigenvalue weighted by molar-refractivity contribution is 0.266. The molecule has 0 saturated carbocycles. The maximum Gasteiger partial charge on any atom is 0.287 e. The van der Waals surface area contributed by atoms with Crippen molar-refractivity contribution in [1.29, 1.82) is 0 Å². The summed E-state index contributed by atoms with van der Waals surface area (Å²) in [6.07, 6.45) is 2.49. The molecule has 0 aliphatic heterocycles. The van der Waals surface area contributed by atoms with Gasteiger partial charge in [-0.25, -0.2) is 4.68 Å². The maximum atomic E-state index is 11.8. The van der Waals surface area contributed by atoms with Crippen molar-refractivity contribution in [3.05, 3.63) is 21.6 Å². The molecule has 1 rings (SSSR count). The number of hydrogen-bond acceptors (Lipinski definition) is 5. The lowest BCUT2D eigenvalue weighted by Gasteiger charge is -2.18. The SMILES string of the molecule is CCN(CC)CCCNc1cnn(CCO)c(=O)c1Cl. The Labute approximate surface area is 124 Å². The minimum absolute atomic E-state index is 0.122. The zero-order chi connectivity index (χ0) is 15.0. The van der Waals surface area contributed by atoms with Gasteiger partial charge in [-0.1, -0.05) is 25.4 Å². The second-order valence-corrected chi connectivity index (χ2v) is 4.81. The van der Waals surface area contributed by atoms with Crippen LogP contribution in [0.1, 0.15) is 20.3 Å². The van der Waals surface area contributed by atoms with Gasteiger partial charge >= 0.3 is 0 Å². The Kier molecular flexibility index (Phi) is 7.58. The van der Waals surface area contributed by atoms with Crippen LogP contribution in [0.5, 0.6) is 0 Å². The Balaban J connectivity index is 2.53. The fourth-order valence-electron chi connectivity index (χ4n) is 1.91. The van der Waals surface area contributed by atoms with Gasteiger partial charge in [-0.3, -0.25) is 4.79 Å². The van der Waals surface area contributed by atoms with Crippen molar-refractivity contribution in [3.8, 4) is 0 Å². The second kappa shape index (κ2) is 8.94. The first kappa shape index (κ1) is 16.9. The van der Waals surface area contributed by atoms with Crippen LogP contribution in [0.2, 0.25) is 5.02 Å². The van der Waals surface area contributed by atoms with Crippen LogP contribution in [-0.4, -0.2) is 52.6 Å². The van der Waals surface area contributed by atoms with E-state index < -0.39 is 0 Å². The number of nitrogens with zero attached hydrogens (tertiary/aromatic N) is 3. The summed E-state index contributed by atoms with van der Waals surface area (Å²) < 4.78 is 1.16. The van der Waals surface area contributed by atoms with Gasteiger partial charge in [0.25, 0.3) is 5.56 Å². The smallest absolute Gasteiger partial charge is 0.287 e. The van der Waals surface area contributed by atoms with E-state index in [2.05, 4.69) is 29.2 Å². The van der Waals surface area contributed by atoms with E-state index in [-0.39, 0.29) is 23.7 Å². The van der Waals surface area contributed by atoms with Crippen molar-refractivity contribution in [1.82, 2.24) is 14.7 Å².